The van der Waals surface area contributed by atoms with Gasteiger partial charge in [0.25, 0.3) is 5.91 Å². The maximum atomic E-state index is 12.1. The van der Waals surface area contributed by atoms with E-state index < -0.39 is 11.9 Å². The Hall–Kier alpha value is -2.55. The molecule has 3 aromatic rings. The molecule has 0 aliphatic heterocycles. The number of primary amides is 1. The number of halogens is 2. The molecule has 0 saturated heterocycles. The molecule has 0 radical (unpaired) electrons. The second-order valence-corrected chi connectivity index (χ2v) is 7.39. The lowest BCUT2D eigenvalue weighted by Crippen LogP contribution is -2.25. The number of benzene rings is 2. The average molecular weight is 465 g/mol. The Morgan fingerprint density at radius 1 is 1.15 bits per heavy atom. The predicted octanol–water partition coefficient (Wildman–Crippen LogP) is 4.27. The van der Waals surface area contributed by atoms with Crippen LogP contribution in [-0.4, -0.2) is 22.6 Å². The Morgan fingerprint density at radius 3 is 2.52 bits per heavy atom. The van der Waals surface area contributed by atoms with Crippen LogP contribution < -0.4 is 5.73 Å². The van der Waals surface area contributed by atoms with Crippen LogP contribution in [0.4, 0.5) is 0 Å². The fourth-order valence-electron chi connectivity index (χ4n) is 2.09. The van der Waals surface area contributed by atoms with E-state index in [-0.39, 0.29) is 21.3 Å². The maximum absolute atomic E-state index is 12.1. The molecule has 0 atom stereocenters. The molecule has 1 aromatic heterocycles. The van der Waals surface area contributed by atoms with Crippen LogP contribution in [0.15, 0.2) is 63.5 Å². The van der Waals surface area contributed by atoms with Crippen LogP contribution in [0.2, 0.25) is 5.02 Å². The summed E-state index contributed by atoms with van der Waals surface area (Å²) in [6, 6.07) is 13.8. The van der Waals surface area contributed by atoms with E-state index in [0.29, 0.717) is 5.69 Å². The number of rotatable bonds is 5. The highest BCUT2D eigenvalue weighted by molar-refractivity contribution is 9.10. The number of hydrogen-bond acceptors (Lipinski definition) is 6. The van der Waals surface area contributed by atoms with E-state index in [1.54, 1.807) is 23.6 Å². The molecule has 136 valence electrons. The fraction of sp³-hybridized carbons (Fsp3) is 0. The van der Waals surface area contributed by atoms with Gasteiger partial charge >= 0.3 is 5.97 Å². The zero-order valence-corrected chi connectivity index (χ0v) is 16.7. The van der Waals surface area contributed by atoms with E-state index in [1.807, 2.05) is 24.3 Å². The molecule has 9 heteroatoms. The molecule has 1 amide bonds. The minimum Gasteiger partial charge on any atom is -0.364 e. The molecule has 3 rings (SSSR count). The molecule has 0 aliphatic rings. The Morgan fingerprint density at radius 2 is 1.85 bits per heavy atom. The number of carbonyl (C=O) groups excluding carboxylic acids is 2. The smallest absolute Gasteiger partial charge is 0.364 e. The van der Waals surface area contributed by atoms with E-state index in [0.717, 1.165) is 21.4 Å². The van der Waals surface area contributed by atoms with Gasteiger partial charge in [0, 0.05) is 15.4 Å². The number of hydrogen-bond donors (Lipinski definition) is 1. The summed E-state index contributed by atoms with van der Waals surface area (Å²) in [4.78, 5) is 33.0. The van der Waals surface area contributed by atoms with Gasteiger partial charge in [-0.15, -0.1) is 11.3 Å². The first-order chi connectivity index (χ1) is 13.0. The molecule has 0 saturated carbocycles. The summed E-state index contributed by atoms with van der Waals surface area (Å²) in [6.07, 6.45) is 0. The van der Waals surface area contributed by atoms with Gasteiger partial charge in [-0.2, -0.15) is 0 Å². The monoisotopic (exact) mass is 463 g/mol. The molecule has 0 bridgehead atoms. The summed E-state index contributed by atoms with van der Waals surface area (Å²) in [5.74, 6) is -1.66. The Labute approximate surface area is 171 Å². The maximum Gasteiger partial charge on any atom is 0.367 e. The topological polar surface area (TPSA) is 94.6 Å². The van der Waals surface area contributed by atoms with Crippen LogP contribution in [-0.2, 0) is 9.63 Å². The first-order valence-electron chi connectivity index (χ1n) is 7.51. The van der Waals surface area contributed by atoms with Crippen LogP contribution >= 0.6 is 38.9 Å². The number of aromatic nitrogens is 1. The van der Waals surface area contributed by atoms with Crippen molar-refractivity contribution in [2.75, 3.05) is 0 Å². The molecular formula is C18H11BrClN3O3S. The van der Waals surface area contributed by atoms with Gasteiger partial charge in [0.2, 0.25) is 5.71 Å². The van der Waals surface area contributed by atoms with Gasteiger partial charge in [-0.1, -0.05) is 57.0 Å². The zero-order chi connectivity index (χ0) is 19.4. The van der Waals surface area contributed by atoms with Crippen molar-refractivity contribution >= 4 is 56.5 Å². The van der Waals surface area contributed by atoms with Gasteiger partial charge < -0.3 is 10.6 Å². The normalized spacial score (nSPS) is 11.3. The van der Waals surface area contributed by atoms with Crippen molar-refractivity contribution in [3.8, 4) is 11.3 Å². The van der Waals surface area contributed by atoms with Crippen molar-refractivity contribution < 1.29 is 14.4 Å². The number of nitrogens with two attached hydrogens (primary N) is 1. The first-order valence-corrected chi connectivity index (χ1v) is 9.56. The van der Waals surface area contributed by atoms with E-state index >= 15 is 0 Å². The highest BCUT2D eigenvalue weighted by Gasteiger charge is 2.19. The predicted molar refractivity (Wildman–Crippen MR) is 108 cm³/mol. The van der Waals surface area contributed by atoms with E-state index in [9.17, 15) is 9.59 Å². The third kappa shape index (κ3) is 4.60. The van der Waals surface area contributed by atoms with Crippen LogP contribution in [0.3, 0.4) is 0 Å². The molecule has 0 unspecified atom stereocenters. The first kappa shape index (κ1) is 19.2. The van der Waals surface area contributed by atoms with Gasteiger partial charge in [0.15, 0.2) is 5.01 Å². The standard InChI is InChI=1S/C18H11BrClN3O3S/c19-11-7-5-10(6-8-11)14-9-27-17(22-14)15(16(21)24)23-26-18(25)12-3-1-2-4-13(12)20/h1-9H,(H2,21,24)/b23-15+. The number of thiazole rings is 1. The molecule has 1 heterocycles. The minimum atomic E-state index is -0.862. The summed E-state index contributed by atoms with van der Waals surface area (Å²) in [6.45, 7) is 0. The Kier molecular flexibility index (Phi) is 6.00. The summed E-state index contributed by atoms with van der Waals surface area (Å²) < 4.78 is 0.938. The molecule has 0 spiro atoms. The highest BCUT2D eigenvalue weighted by atomic mass is 79.9. The van der Waals surface area contributed by atoms with Crippen molar-refractivity contribution in [2.24, 2.45) is 10.9 Å². The summed E-state index contributed by atoms with van der Waals surface area (Å²) in [5.41, 5.74) is 6.75. The van der Waals surface area contributed by atoms with E-state index in [1.165, 1.54) is 6.07 Å². The van der Waals surface area contributed by atoms with Crippen molar-refractivity contribution in [1.82, 2.24) is 4.98 Å². The largest absolute Gasteiger partial charge is 0.367 e. The quantitative estimate of drug-likeness (QED) is 0.346. The number of nitrogens with zero attached hydrogens (tertiary/aromatic N) is 2. The van der Waals surface area contributed by atoms with Gasteiger partial charge in [0.05, 0.1) is 16.3 Å². The third-order valence-corrected chi connectivity index (χ3v) is 5.10. The second kappa shape index (κ2) is 8.43. The third-order valence-electron chi connectivity index (χ3n) is 3.39. The van der Waals surface area contributed by atoms with Gasteiger partial charge in [-0.05, 0) is 24.3 Å². The fourth-order valence-corrected chi connectivity index (χ4v) is 3.38. The van der Waals surface area contributed by atoms with Crippen LogP contribution in [0.5, 0.6) is 0 Å². The molecular weight excluding hydrogens is 454 g/mol. The molecule has 0 aliphatic carbocycles. The zero-order valence-electron chi connectivity index (χ0n) is 13.6. The number of amides is 1. The van der Waals surface area contributed by atoms with E-state index in [2.05, 4.69) is 26.1 Å². The molecule has 27 heavy (non-hydrogen) atoms. The van der Waals surface area contributed by atoms with E-state index in [4.69, 9.17) is 22.2 Å². The van der Waals surface area contributed by atoms with Crippen molar-refractivity contribution in [3.05, 3.63) is 74.0 Å². The van der Waals surface area contributed by atoms with Crippen LogP contribution in [0, 0.1) is 0 Å². The van der Waals surface area contributed by atoms with Gasteiger partial charge in [0.1, 0.15) is 0 Å². The summed E-state index contributed by atoms with van der Waals surface area (Å²) >= 11 is 10.5. The average Bonchev–Trinajstić information content (AvgIpc) is 3.12. The number of oxime groups is 1. The molecule has 0 fully saturated rings. The minimum absolute atomic E-state index is 0.126. The van der Waals surface area contributed by atoms with Gasteiger partial charge in [-0.25, -0.2) is 9.78 Å². The lowest BCUT2D eigenvalue weighted by atomic mass is 10.2. The molecule has 2 aromatic carbocycles. The van der Waals surface area contributed by atoms with Crippen LogP contribution in [0.25, 0.3) is 11.3 Å². The lowest BCUT2D eigenvalue weighted by molar-refractivity contribution is -0.112. The van der Waals surface area contributed by atoms with Crippen molar-refractivity contribution in [3.63, 3.8) is 0 Å². The van der Waals surface area contributed by atoms with Crippen molar-refractivity contribution in [2.45, 2.75) is 0 Å². The Bertz CT molecular complexity index is 1030. The SMILES string of the molecule is NC(=O)/C(=N\OC(=O)c1ccccc1Cl)c1nc(-c2ccc(Br)cc2)cs1. The molecule has 2 N–H and O–H groups in total. The van der Waals surface area contributed by atoms with Gasteiger partial charge in [-0.3, -0.25) is 4.79 Å². The Balaban J connectivity index is 1.85. The second-order valence-electron chi connectivity index (χ2n) is 5.21. The van der Waals surface area contributed by atoms with Crippen molar-refractivity contribution in [1.29, 1.82) is 0 Å². The summed E-state index contributed by atoms with van der Waals surface area (Å²) in [7, 11) is 0. The lowest BCUT2D eigenvalue weighted by Gasteiger charge is -2.02. The molecule has 6 nitrogen and oxygen atoms in total. The van der Waals surface area contributed by atoms with Crippen LogP contribution in [0.1, 0.15) is 15.4 Å². The summed E-state index contributed by atoms with van der Waals surface area (Å²) in [5, 5.41) is 5.82. The highest BCUT2D eigenvalue weighted by Crippen LogP contribution is 2.24. The number of carbonyl (C=O) groups is 2.